The van der Waals surface area contributed by atoms with Crippen molar-refractivity contribution in [3.8, 4) is 12.3 Å². The first-order valence-electron chi connectivity index (χ1n) is 6.57. The number of esters is 1. The Bertz CT molecular complexity index is 559. The van der Waals surface area contributed by atoms with Crippen molar-refractivity contribution in [1.82, 2.24) is 4.90 Å². The maximum Gasteiger partial charge on any atom is 0.309 e. The van der Waals surface area contributed by atoms with Gasteiger partial charge < -0.3 is 9.64 Å². The van der Waals surface area contributed by atoms with Crippen LogP contribution in [0.3, 0.4) is 0 Å². The number of carbonyl (C=O) groups excluding carboxylic acids is 2. The summed E-state index contributed by atoms with van der Waals surface area (Å²) < 4.78 is 4.92. The van der Waals surface area contributed by atoms with E-state index in [1.54, 1.807) is 4.90 Å². The van der Waals surface area contributed by atoms with Gasteiger partial charge in [0.2, 0.25) is 5.91 Å². The van der Waals surface area contributed by atoms with E-state index in [9.17, 15) is 9.59 Å². The van der Waals surface area contributed by atoms with Crippen LogP contribution in [0, 0.1) is 12.3 Å². The third kappa shape index (κ3) is 3.00. The zero-order chi connectivity index (χ0) is 14.5. The van der Waals surface area contributed by atoms with Crippen LogP contribution in [0.25, 0.3) is 0 Å². The molecular weight excluding hydrogens is 254 g/mol. The van der Waals surface area contributed by atoms with E-state index >= 15 is 0 Å². The molecule has 1 heterocycles. The summed E-state index contributed by atoms with van der Waals surface area (Å²) in [6.45, 7) is 2.11. The summed E-state index contributed by atoms with van der Waals surface area (Å²) >= 11 is 0. The fourth-order valence-electron chi connectivity index (χ4n) is 2.59. The fraction of sp³-hybridized carbons (Fsp3) is 0.375. The van der Waals surface area contributed by atoms with Crippen LogP contribution in [-0.4, -0.2) is 29.9 Å². The van der Waals surface area contributed by atoms with Gasteiger partial charge in [-0.2, -0.15) is 0 Å². The summed E-state index contributed by atoms with van der Waals surface area (Å²) in [5.41, 5.74) is 2.20. The highest BCUT2D eigenvalue weighted by molar-refractivity contribution is 5.77. The number of amides is 1. The number of nitrogens with zero attached hydrogens (tertiary/aromatic N) is 1. The van der Waals surface area contributed by atoms with Crippen molar-refractivity contribution >= 4 is 11.9 Å². The van der Waals surface area contributed by atoms with Gasteiger partial charge in [-0.15, -0.1) is 6.42 Å². The van der Waals surface area contributed by atoms with Crippen LogP contribution < -0.4 is 0 Å². The van der Waals surface area contributed by atoms with Crippen molar-refractivity contribution in [1.29, 1.82) is 0 Å². The number of benzene rings is 1. The molecule has 0 spiro atoms. The van der Waals surface area contributed by atoms with E-state index in [1.807, 2.05) is 24.3 Å². The molecule has 1 amide bonds. The minimum Gasteiger partial charge on any atom is -0.452 e. The Hall–Kier alpha value is -2.28. The van der Waals surface area contributed by atoms with E-state index in [2.05, 4.69) is 5.92 Å². The SMILES string of the molecule is C#CCOC(=O)C[C@H]1c2ccccc2CCN1C(C)=O. The lowest BCUT2D eigenvalue weighted by Crippen LogP contribution is -2.39. The second-order valence-electron chi connectivity index (χ2n) is 4.75. The monoisotopic (exact) mass is 271 g/mol. The lowest BCUT2D eigenvalue weighted by atomic mass is 9.90. The van der Waals surface area contributed by atoms with Crippen LogP contribution in [0.15, 0.2) is 24.3 Å². The van der Waals surface area contributed by atoms with Crippen LogP contribution in [0.1, 0.15) is 30.5 Å². The van der Waals surface area contributed by atoms with Crippen molar-refractivity contribution in [2.45, 2.75) is 25.8 Å². The van der Waals surface area contributed by atoms with Gasteiger partial charge in [-0.25, -0.2) is 0 Å². The first kappa shape index (κ1) is 14.1. The standard InChI is InChI=1S/C16H17NO3/c1-3-10-20-16(19)11-15-14-7-5-4-6-13(14)8-9-17(15)12(2)18/h1,4-7,15H,8-11H2,2H3/t15-/m0/s1. The average Bonchev–Trinajstić information content (AvgIpc) is 2.45. The highest BCUT2D eigenvalue weighted by Crippen LogP contribution is 2.32. The molecule has 1 atom stereocenters. The number of rotatable bonds is 3. The molecule has 1 aromatic rings. The summed E-state index contributed by atoms with van der Waals surface area (Å²) in [5.74, 6) is 1.85. The average molecular weight is 271 g/mol. The van der Waals surface area contributed by atoms with E-state index in [1.165, 1.54) is 12.5 Å². The number of hydrogen-bond acceptors (Lipinski definition) is 3. The molecule has 0 fully saturated rings. The molecule has 0 radical (unpaired) electrons. The van der Waals surface area contributed by atoms with Crippen molar-refractivity contribution in [2.24, 2.45) is 0 Å². The second-order valence-corrected chi connectivity index (χ2v) is 4.75. The zero-order valence-corrected chi connectivity index (χ0v) is 11.5. The lowest BCUT2D eigenvalue weighted by molar-refractivity contribution is -0.145. The lowest BCUT2D eigenvalue weighted by Gasteiger charge is -2.36. The minimum absolute atomic E-state index is 0.0331. The smallest absolute Gasteiger partial charge is 0.309 e. The summed E-state index contributed by atoms with van der Waals surface area (Å²) in [6.07, 6.45) is 6.02. The van der Waals surface area contributed by atoms with Gasteiger partial charge in [0.1, 0.15) is 0 Å². The molecule has 0 unspecified atom stereocenters. The molecule has 0 bridgehead atoms. The Labute approximate surface area is 118 Å². The van der Waals surface area contributed by atoms with Crippen LogP contribution in [0.5, 0.6) is 0 Å². The molecule has 4 heteroatoms. The molecule has 4 nitrogen and oxygen atoms in total. The van der Waals surface area contributed by atoms with Gasteiger partial charge in [0.15, 0.2) is 6.61 Å². The summed E-state index contributed by atoms with van der Waals surface area (Å²) in [7, 11) is 0. The fourth-order valence-corrected chi connectivity index (χ4v) is 2.59. The number of terminal acetylenes is 1. The minimum atomic E-state index is -0.379. The summed E-state index contributed by atoms with van der Waals surface area (Å²) in [4.78, 5) is 25.3. The van der Waals surface area contributed by atoms with E-state index < -0.39 is 0 Å². The maximum atomic E-state index is 11.8. The van der Waals surface area contributed by atoms with Gasteiger partial charge in [-0.3, -0.25) is 9.59 Å². The highest BCUT2D eigenvalue weighted by atomic mass is 16.5. The Morgan fingerprint density at radius 1 is 1.45 bits per heavy atom. The van der Waals surface area contributed by atoms with Gasteiger partial charge in [0.05, 0.1) is 12.5 Å². The molecule has 0 aliphatic carbocycles. The van der Waals surface area contributed by atoms with Crippen molar-refractivity contribution < 1.29 is 14.3 Å². The van der Waals surface area contributed by atoms with Gasteiger partial charge in [-0.05, 0) is 17.5 Å². The number of hydrogen-bond donors (Lipinski definition) is 0. The number of ether oxygens (including phenoxy) is 1. The molecule has 1 aliphatic heterocycles. The number of carbonyl (C=O) groups is 2. The highest BCUT2D eigenvalue weighted by Gasteiger charge is 2.30. The summed E-state index contributed by atoms with van der Waals surface area (Å²) in [5, 5.41) is 0. The molecule has 104 valence electrons. The molecule has 1 aliphatic rings. The Kier molecular flexibility index (Phi) is 4.41. The maximum absolute atomic E-state index is 11.8. The molecular formula is C16H17NO3. The molecule has 0 saturated heterocycles. The van der Waals surface area contributed by atoms with E-state index in [-0.39, 0.29) is 30.9 Å². The quantitative estimate of drug-likeness (QED) is 0.621. The van der Waals surface area contributed by atoms with Gasteiger partial charge >= 0.3 is 5.97 Å². The Morgan fingerprint density at radius 3 is 2.90 bits per heavy atom. The van der Waals surface area contributed by atoms with Crippen molar-refractivity contribution in [2.75, 3.05) is 13.2 Å². The van der Waals surface area contributed by atoms with Crippen molar-refractivity contribution in [3.63, 3.8) is 0 Å². The third-order valence-corrected chi connectivity index (χ3v) is 3.49. The normalized spacial score (nSPS) is 17.0. The molecule has 0 aromatic heterocycles. The molecule has 1 aromatic carbocycles. The third-order valence-electron chi connectivity index (χ3n) is 3.49. The van der Waals surface area contributed by atoms with Crippen LogP contribution in [-0.2, 0) is 20.7 Å². The molecule has 0 saturated carbocycles. The Morgan fingerprint density at radius 2 is 2.20 bits per heavy atom. The predicted molar refractivity (Wildman–Crippen MR) is 74.7 cm³/mol. The molecule has 20 heavy (non-hydrogen) atoms. The zero-order valence-electron chi connectivity index (χ0n) is 11.5. The number of fused-ring (bicyclic) bond motifs is 1. The van der Waals surface area contributed by atoms with Gasteiger partial charge in [0, 0.05) is 13.5 Å². The largest absolute Gasteiger partial charge is 0.452 e. The second kappa shape index (κ2) is 6.25. The topological polar surface area (TPSA) is 46.6 Å². The van der Waals surface area contributed by atoms with E-state index in [4.69, 9.17) is 11.2 Å². The molecule has 0 N–H and O–H groups in total. The first-order valence-corrected chi connectivity index (χ1v) is 6.57. The first-order chi connectivity index (χ1) is 9.63. The van der Waals surface area contributed by atoms with Crippen LogP contribution >= 0.6 is 0 Å². The van der Waals surface area contributed by atoms with Gasteiger partial charge in [-0.1, -0.05) is 30.2 Å². The predicted octanol–water partition coefficient (Wildman–Crippen LogP) is 1.70. The van der Waals surface area contributed by atoms with Crippen molar-refractivity contribution in [3.05, 3.63) is 35.4 Å². The Balaban J connectivity index is 2.23. The summed E-state index contributed by atoms with van der Waals surface area (Å²) in [6, 6.07) is 7.62. The van der Waals surface area contributed by atoms with E-state index in [0.29, 0.717) is 6.54 Å². The molecule has 2 rings (SSSR count). The van der Waals surface area contributed by atoms with Crippen LogP contribution in [0.4, 0.5) is 0 Å². The van der Waals surface area contributed by atoms with Crippen LogP contribution in [0.2, 0.25) is 0 Å². The van der Waals surface area contributed by atoms with Gasteiger partial charge in [0.25, 0.3) is 0 Å². The van der Waals surface area contributed by atoms with E-state index in [0.717, 1.165) is 12.0 Å².